The lowest BCUT2D eigenvalue weighted by molar-refractivity contribution is -0.907. The van der Waals surface area contributed by atoms with E-state index in [-0.39, 0.29) is 23.2 Å². The minimum atomic E-state index is -0.532. The molecule has 0 fully saturated rings. The molecule has 2 N–H and O–H groups in total. The van der Waals surface area contributed by atoms with Crippen LogP contribution in [0.25, 0.3) is 0 Å². The lowest BCUT2D eigenvalue weighted by atomic mass is 9.99. The first-order chi connectivity index (χ1) is 13.4. The Balaban J connectivity index is 1.65. The zero-order valence-electron chi connectivity index (χ0n) is 15.6. The predicted molar refractivity (Wildman–Crippen MR) is 104 cm³/mol. The Morgan fingerprint density at radius 1 is 1.21 bits per heavy atom. The maximum absolute atomic E-state index is 12.4. The van der Waals surface area contributed by atoms with Crippen LogP contribution in [-0.2, 0) is 17.8 Å². The van der Waals surface area contributed by atoms with Crippen molar-refractivity contribution >= 4 is 28.9 Å². The summed E-state index contributed by atoms with van der Waals surface area (Å²) in [5, 5.41) is 13.6. The van der Waals surface area contributed by atoms with Crippen LogP contribution in [0.4, 0.5) is 11.4 Å². The van der Waals surface area contributed by atoms with Crippen LogP contribution in [0.3, 0.4) is 0 Å². The van der Waals surface area contributed by atoms with Gasteiger partial charge in [-0.3, -0.25) is 14.9 Å². The zero-order valence-corrected chi connectivity index (χ0v) is 16.3. The third kappa shape index (κ3) is 4.35. The second-order valence-corrected chi connectivity index (χ2v) is 6.96. The van der Waals surface area contributed by atoms with Gasteiger partial charge in [0.05, 0.1) is 36.4 Å². The van der Waals surface area contributed by atoms with Crippen LogP contribution in [0, 0.1) is 10.1 Å². The van der Waals surface area contributed by atoms with E-state index in [1.807, 2.05) is 12.1 Å². The Labute approximate surface area is 167 Å². The van der Waals surface area contributed by atoms with Gasteiger partial charge in [0.2, 0.25) is 0 Å². The van der Waals surface area contributed by atoms with Gasteiger partial charge in [-0.25, -0.2) is 0 Å². The van der Waals surface area contributed by atoms with Crippen LogP contribution in [0.2, 0.25) is 5.02 Å². The van der Waals surface area contributed by atoms with Gasteiger partial charge in [-0.15, -0.1) is 0 Å². The second-order valence-electron chi connectivity index (χ2n) is 6.55. The topological polar surface area (TPSA) is 95.1 Å². The number of benzene rings is 2. The van der Waals surface area contributed by atoms with E-state index in [4.69, 9.17) is 21.1 Å². The molecule has 148 valence electrons. The molecular formula is C19H21ClN3O5+. The predicted octanol–water partition coefficient (Wildman–Crippen LogP) is 1.85. The van der Waals surface area contributed by atoms with Gasteiger partial charge < -0.3 is 19.7 Å². The minimum absolute atomic E-state index is 0.120. The highest BCUT2D eigenvalue weighted by atomic mass is 35.5. The van der Waals surface area contributed by atoms with Gasteiger partial charge in [0.25, 0.3) is 11.6 Å². The summed E-state index contributed by atoms with van der Waals surface area (Å²) in [5.41, 5.74) is 2.56. The Morgan fingerprint density at radius 2 is 1.89 bits per heavy atom. The summed E-state index contributed by atoms with van der Waals surface area (Å²) in [4.78, 5) is 23.8. The summed E-state index contributed by atoms with van der Waals surface area (Å²) in [6.07, 6.45) is 0.830. The Kier molecular flexibility index (Phi) is 6.01. The minimum Gasteiger partial charge on any atom is -0.493 e. The average molecular weight is 407 g/mol. The fourth-order valence-corrected chi connectivity index (χ4v) is 3.54. The lowest BCUT2D eigenvalue weighted by Gasteiger charge is -2.26. The van der Waals surface area contributed by atoms with E-state index in [9.17, 15) is 14.9 Å². The number of nitrogens with one attached hydrogen (secondary N) is 2. The van der Waals surface area contributed by atoms with Crippen LogP contribution in [0.15, 0.2) is 30.3 Å². The molecule has 0 saturated carbocycles. The highest BCUT2D eigenvalue weighted by molar-refractivity contribution is 6.33. The van der Waals surface area contributed by atoms with Crippen molar-refractivity contribution in [3.05, 3.63) is 56.6 Å². The summed E-state index contributed by atoms with van der Waals surface area (Å²) in [6.45, 7) is 1.77. The Morgan fingerprint density at radius 3 is 2.50 bits per heavy atom. The number of methoxy groups -OCH3 is 2. The molecule has 1 heterocycles. The highest BCUT2D eigenvalue weighted by Crippen LogP contribution is 2.31. The number of hydrogen-bond acceptors (Lipinski definition) is 5. The number of non-ortho nitro benzene ring substituents is 1. The van der Waals surface area contributed by atoms with Crippen LogP contribution in [0.1, 0.15) is 11.1 Å². The van der Waals surface area contributed by atoms with Crippen molar-refractivity contribution in [1.82, 2.24) is 0 Å². The van der Waals surface area contributed by atoms with Crippen molar-refractivity contribution < 1.29 is 24.1 Å². The molecule has 1 unspecified atom stereocenters. The van der Waals surface area contributed by atoms with Crippen molar-refractivity contribution in [2.45, 2.75) is 13.0 Å². The molecule has 0 spiro atoms. The van der Waals surface area contributed by atoms with Crippen molar-refractivity contribution in [1.29, 1.82) is 0 Å². The average Bonchev–Trinajstić information content (AvgIpc) is 2.68. The van der Waals surface area contributed by atoms with Gasteiger partial charge in [-0.1, -0.05) is 11.6 Å². The second kappa shape index (κ2) is 8.45. The molecule has 0 aromatic heterocycles. The molecule has 9 heteroatoms. The molecule has 0 saturated heterocycles. The number of carbonyl (C=O) groups is 1. The number of ether oxygens (including phenoxy) is 2. The highest BCUT2D eigenvalue weighted by Gasteiger charge is 2.24. The number of nitrogens with zero attached hydrogens (tertiary/aromatic N) is 1. The summed E-state index contributed by atoms with van der Waals surface area (Å²) >= 11 is 6.04. The van der Waals surface area contributed by atoms with E-state index >= 15 is 0 Å². The van der Waals surface area contributed by atoms with E-state index in [1.165, 1.54) is 23.8 Å². The van der Waals surface area contributed by atoms with Crippen LogP contribution < -0.4 is 19.7 Å². The van der Waals surface area contributed by atoms with Crippen molar-refractivity contribution in [3.8, 4) is 11.5 Å². The molecule has 8 nitrogen and oxygen atoms in total. The molecule has 1 aliphatic heterocycles. The number of nitro groups is 1. The maximum atomic E-state index is 12.4. The van der Waals surface area contributed by atoms with E-state index in [0.717, 1.165) is 23.4 Å². The Hall–Kier alpha value is -2.84. The van der Waals surface area contributed by atoms with E-state index < -0.39 is 4.92 Å². The van der Waals surface area contributed by atoms with E-state index in [0.29, 0.717) is 23.7 Å². The van der Waals surface area contributed by atoms with Gasteiger partial charge >= 0.3 is 0 Å². The first-order valence-electron chi connectivity index (χ1n) is 8.72. The summed E-state index contributed by atoms with van der Waals surface area (Å²) in [6, 6.07) is 7.92. The van der Waals surface area contributed by atoms with Gasteiger partial charge in [0, 0.05) is 24.1 Å². The number of anilines is 1. The smallest absolute Gasteiger partial charge is 0.279 e. The van der Waals surface area contributed by atoms with Crippen LogP contribution >= 0.6 is 11.6 Å². The number of carbonyl (C=O) groups excluding carboxylic acids is 1. The molecule has 2 aromatic carbocycles. The van der Waals surface area contributed by atoms with E-state index in [2.05, 4.69) is 5.32 Å². The first-order valence-corrected chi connectivity index (χ1v) is 9.10. The molecule has 28 heavy (non-hydrogen) atoms. The number of quaternary nitrogens is 1. The van der Waals surface area contributed by atoms with Crippen LogP contribution in [-0.4, -0.2) is 38.1 Å². The number of rotatable bonds is 6. The Bertz CT molecular complexity index is 919. The van der Waals surface area contributed by atoms with E-state index in [1.54, 1.807) is 14.2 Å². The SMILES string of the molecule is COc1cc2c(cc1OC)C[NH+](CC(=O)Nc1ccc([N+](=O)[O-])cc1Cl)CC2. The monoisotopic (exact) mass is 406 g/mol. The number of fused-ring (bicyclic) bond motifs is 1. The molecule has 1 aliphatic rings. The molecule has 1 atom stereocenters. The molecule has 0 aliphatic carbocycles. The molecule has 2 aromatic rings. The molecule has 0 bridgehead atoms. The van der Waals surface area contributed by atoms with Gasteiger partial charge in [0.1, 0.15) is 6.54 Å². The molecule has 0 radical (unpaired) electrons. The fourth-order valence-electron chi connectivity index (χ4n) is 3.32. The lowest BCUT2D eigenvalue weighted by Crippen LogP contribution is -3.12. The van der Waals surface area contributed by atoms with Crippen molar-refractivity contribution in [2.75, 3.05) is 32.6 Å². The third-order valence-corrected chi connectivity index (χ3v) is 5.05. The van der Waals surface area contributed by atoms with Gasteiger partial charge in [-0.2, -0.15) is 0 Å². The molecule has 1 amide bonds. The number of hydrogen-bond donors (Lipinski definition) is 2. The number of halogens is 1. The maximum Gasteiger partial charge on any atom is 0.279 e. The summed E-state index contributed by atoms with van der Waals surface area (Å²) < 4.78 is 10.7. The van der Waals surface area contributed by atoms with Gasteiger partial charge in [-0.05, 0) is 23.8 Å². The standard InChI is InChI=1S/C19H20ClN3O5/c1-27-17-7-12-5-6-22(10-13(12)8-18(17)28-2)11-19(24)21-16-4-3-14(23(25)26)9-15(16)20/h3-4,7-9H,5-6,10-11H2,1-2H3,(H,21,24)/p+1. The number of amides is 1. The summed E-state index contributed by atoms with van der Waals surface area (Å²) in [5.74, 6) is 1.18. The molecular weight excluding hydrogens is 386 g/mol. The third-order valence-electron chi connectivity index (χ3n) is 4.74. The van der Waals surface area contributed by atoms with Crippen LogP contribution in [0.5, 0.6) is 11.5 Å². The zero-order chi connectivity index (χ0) is 20.3. The van der Waals surface area contributed by atoms with Crippen molar-refractivity contribution in [3.63, 3.8) is 0 Å². The normalized spacial score (nSPS) is 15.5. The first kappa shape index (κ1) is 19.9. The van der Waals surface area contributed by atoms with Gasteiger partial charge in [0.15, 0.2) is 18.0 Å². The van der Waals surface area contributed by atoms with Crippen molar-refractivity contribution in [2.24, 2.45) is 0 Å². The number of nitro benzene ring substituents is 1. The largest absolute Gasteiger partial charge is 0.493 e. The molecule has 3 rings (SSSR count). The quantitative estimate of drug-likeness (QED) is 0.564. The summed E-state index contributed by atoms with van der Waals surface area (Å²) in [7, 11) is 3.21. The fraction of sp³-hybridized carbons (Fsp3) is 0.316.